The Labute approximate surface area is 154 Å². The maximum Gasteiger partial charge on any atom is 0.221 e. The van der Waals surface area contributed by atoms with Crippen molar-refractivity contribution in [2.75, 3.05) is 18.4 Å². The van der Waals surface area contributed by atoms with Gasteiger partial charge in [-0.3, -0.25) is 4.79 Å². The molecule has 1 aromatic carbocycles. The molecule has 0 aliphatic heterocycles. The Bertz CT molecular complexity index is 896. The van der Waals surface area contributed by atoms with Crippen LogP contribution < -0.4 is 10.6 Å². The Morgan fingerprint density at radius 2 is 2.08 bits per heavy atom. The number of hydrogen-bond donors (Lipinski definition) is 3. The van der Waals surface area contributed by atoms with Gasteiger partial charge in [-0.25, -0.2) is 14.4 Å². The number of aliphatic hydroxyl groups excluding tert-OH is 1. The minimum atomic E-state index is -0.572. The van der Waals surface area contributed by atoms with E-state index in [2.05, 4.69) is 20.6 Å². The third kappa shape index (κ3) is 4.33. The first kappa shape index (κ1) is 18.2. The zero-order valence-corrected chi connectivity index (χ0v) is 15.0. The number of halogens is 1. The molecule has 0 saturated heterocycles. The van der Waals surface area contributed by atoms with Crippen molar-refractivity contribution in [2.24, 2.45) is 0 Å². The van der Waals surface area contributed by atoms with Crippen molar-refractivity contribution in [1.82, 2.24) is 15.3 Å². The van der Waals surface area contributed by atoms with Crippen molar-refractivity contribution in [3.63, 3.8) is 0 Å². The number of anilines is 1. The van der Waals surface area contributed by atoms with Crippen molar-refractivity contribution >= 4 is 33.3 Å². The summed E-state index contributed by atoms with van der Waals surface area (Å²) in [7, 11) is 0. The van der Waals surface area contributed by atoms with E-state index in [1.165, 1.54) is 29.8 Å². The van der Waals surface area contributed by atoms with E-state index in [4.69, 9.17) is 0 Å². The molecule has 3 rings (SSSR count). The van der Waals surface area contributed by atoms with Crippen molar-refractivity contribution in [2.45, 2.75) is 19.4 Å². The van der Waals surface area contributed by atoms with E-state index in [0.29, 0.717) is 12.4 Å². The van der Waals surface area contributed by atoms with Crippen LogP contribution in [0.25, 0.3) is 21.3 Å². The number of hydrogen-bond acceptors (Lipinski definition) is 6. The van der Waals surface area contributed by atoms with E-state index in [1.54, 1.807) is 19.1 Å². The van der Waals surface area contributed by atoms with Gasteiger partial charge in [0.15, 0.2) is 0 Å². The van der Waals surface area contributed by atoms with Gasteiger partial charge in [0.1, 0.15) is 22.8 Å². The van der Waals surface area contributed by atoms with E-state index in [0.717, 1.165) is 21.3 Å². The standard InChI is InChI=1S/C18H19FN4O2S/c1-11(24)8-21-15(25)6-7-20-17-16-14(9-26-18(16)23-10-22-17)12-2-4-13(19)5-3-12/h2-5,9-11,24H,6-8H2,1H3,(H,21,25)(H,20,22,23). The Morgan fingerprint density at radius 1 is 1.31 bits per heavy atom. The number of benzene rings is 1. The van der Waals surface area contributed by atoms with Crippen LogP contribution in [0.2, 0.25) is 0 Å². The molecular formula is C18H19FN4O2S. The second-order valence-electron chi connectivity index (χ2n) is 5.89. The number of carbonyl (C=O) groups is 1. The molecule has 2 aromatic heterocycles. The number of nitrogens with zero attached hydrogens (tertiary/aromatic N) is 2. The van der Waals surface area contributed by atoms with Gasteiger partial charge >= 0.3 is 0 Å². The van der Waals surface area contributed by atoms with Crippen LogP contribution in [0.15, 0.2) is 36.0 Å². The number of nitrogens with one attached hydrogen (secondary N) is 2. The van der Waals surface area contributed by atoms with Crippen molar-refractivity contribution in [1.29, 1.82) is 0 Å². The van der Waals surface area contributed by atoms with Crippen LogP contribution in [0.3, 0.4) is 0 Å². The van der Waals surface area contributed by atoms with Crippen molar-refractivity contribution in [3.05, 3.63) is 41.8 Å². The van der Waals surface area contributed by atoms with Gasteiger partial charge < -0.3 is 15.7 Å². The Morgan fingerprint density at radius 3 is 2.81 bits per heavy atom. The first-order valence-corrected chi connectivity index (χ1v) is 9.09. The quantitative estimate of drug-likeness (QED) is 0.592. The number of rotatable bonds is 7. The van der Waals surface area contributed by atoms with Gasteiger partial charge in [-0.15, -0.1) is 11.3 Å². The fourth-order valence-corrected chi connectivity index (χ4v) is 3.41. The van der Waals surface area contributed by atoms with Gasteiger partial charge in [-0.1, -0.05) is 12.1 Å². The van der Waals surface area contributed by atoms with Gasteiger partial charge in [-0.2, -0.15) is 0 Å². The first-order valence-electron chi connectivity index (χ1n) is 8.21. The van der Waals surface area contributed by atoms with Crippen LogP contribution in [-0.2, 0) is 4.79 Å². The van der Waals surface area contributed by atoms with E-state index < -0.39 is 6.10 Å². The summed E-state index contributed by atoms with van der Waals surface area (Å²) in [5.41, 5.74) is 1.80. The predicted octanol–water partition coefficient (Wildman–Crippen LogP) is 2.80. The highest BCUT2D eigenvalue weighted by molar-refractivity contribution is 7.17. The van der Waals surface area contributed by atoms with Crippen LogP contribution >= 0.6 is 11.3 Å². The van der Waals surface area contributed by atoms with E-state index in [-0.39, 0.29) is 24.7 Å². The molecule has 2 heterocycles. The normalized spacial score (nSPS) is 12.1. The highest BCUT2D eigenvalue weighted by Crippen LogP contribution is 2.36. The Kier molecular flexibility index (Phi) is 5.75. The molecule has 0 spiro atoms. The molecule has 1 unspecified atom stereocenters. The van der Waals surface area contributed by atoms with Crippen molar-refractivity contribution < 1.29 is 14.3 Å². The number of carbonyl (C=O) groups excluding carboxylic acids is 1. The van der Waals surface area contributed by atoms with Crippen LogP contribution in [0, 0.1) is 5.82 Å². The SMILES string of the molecule is CC(O)CNC(=O)CCNc1ncnc2scc(-c3ccc(F)cc3)c12. The summed E-state index contributed by atoms with van der Waals surface area (Å²) >= 11 is 1.49. The lowest BCUT2D eigenvalue weighted by Gasteiger charge is -2.10. The molecule has 26 heavy (non-hydrogen) atoms. The Hall–Kier alpha value is -2.58. The predicted molar refractivity (Wildman–Crippen MR) is 101 cm³/mol. The number of amides is 1. The molecule has 0 aliphatic rings. The summed E-state index contributed by atoms with van der Waals surface area (Å²) in [6.45, 7) is 2.25. The highest BCUT2D eigenvalue weighted by atomic mass is 32.1. The van der Waals surface area contributed by atoms with E-state index in [1.807, 2.05) is 5.38 Å². The van der Waals surface area contributed by atoms with Gasteiger partial charge in [0.05, 0.1) is 11.5 Å². The zero-order valence-electron chi connectivity index (χ0n) is 14.2. The fraction of sp³-hybridized carbons (Fsp3) is 0.278. The molecule has 0 fully saturated rings. The largest absolute Gasteiger partial charge is 0.392 e. The molecular weight excluding hydrogens is 355 g/mol. The summed E-state index contributed by atoms with van der Waals surface area (Å²) in [6.07, 6.45) is 1.16. The van der Waals surface area contributed by atoms with E-state index in [9.17, 15) is 14.3 Å². The molecule has 3 aromatic rings. The molecule has 3 N–H and O–H groups in total. The minimum Gasteiger partial charge on any atom is -0.392 e. The molecule has 1 amide bonds. The molecule has 6 nitrogen and oxygen atoms in total. The molecule has 0 bridgehead atoms. The van der Waals surface area contributed by atoms with Gasteiger partial charge in [0.25, 0.3) is 0 Å². The number of thiophene rings is 1. The average molecular weight is 374 g/mol. The second-order valence-corrected chi connectivity index (χ2v) is 6.75. The number of aliphatic hydroxyl groups is 1. The molecule has 0 radical (unpaired) electrons. The topological polar surface area (TPSA) is 87.1 Å². The lowest BCUT2D eigenvalue weighted by Crippen LogP contribution is -2.31. The summed E-state index contributed by atoms with van der Waals surface area (Å²) in [4.78, 5) is 21.1. The third-order valence-corrected chi connectivity index (χ3v) is 4.65. The molecule has 136 valence electrons. The minimum absolute atomic E-state index is 0.146. The van der Waals surface area contributed by atoms with Gasteiger partial charge in [0.2, 0.25) is 5.91 Å². The van der Waals surface area contributed by atoms with E-state index >= 15 is 0 Å². The van der Waals surface area contributed by atoms with Gasteiger partial charge in [-0.05, 0) is 24.6 Å². The summed E-state index contributed by atoms with van der Waals surface area (Å²) in [6, 6.07) is 6.28. The molecule has 8 heteroatoms. The zero-order chi connectivity index (χ0) is 18.5. The average Bonchev–Trinajstić information content (AvgIpc) is 3.05. The lowest BCUT2D eigenvalue weighted by molar-refractivity contribution is -0.121. The third-order valence-electron chi connectivity index (χ3n) is 3.76. The summed E-state index contributed by atoms with van der Waals surface area (Å²) < 4.78 is 13.2. The maximum atomic E-state index is 13.2. The van der Waals surface area contributed by atoms with Crippen molar-refractivity contribution in [3.8, 4) is 11.1 Å². The lowest BCUT2D eigenvalue weighted by atomic mass is 10.1. The number of aromatic nitrogens is 2. The Balaban J connectivity index is 1.75. The highest BCUT2D eigenvalue weighted by Gasteiger charge is 2.13. The summed E-state index contributed by atoms with van der Waals surface area (Å²) in [5.74, 6) is 0.206. The monoisotopic (exact) mass is 374 g/mol. The van der Waals surface area contributed by atoms with Crippen LogP contribution in [-0.4, -0.2) is 40.2 Å². The van der Waals surface area contributed by atoms with Crippen LogP contribution in [0.4, 0.5) is 10.2 Å². The van der Waals surface area contributed by atoms with Gasteiger partial charge in [0, 0.05) is 30.5 Å². The number of fused-ring (bicyclic) bond motifs is 1. The molecule has 0 saturated carbocycles. The fourth-order valence-electron chi connectivity index (χ4n) is 2.50. The molecule has 1 atom stereocenters. The van der Waals surface area contributed by atoms with Crippen LogP contribution in [0.5, 0.6) is 0 Å². The summed E-state index contributed by atoms with van der Waals surface area (Å²) in [5, 5.41) is 17.8. The second kappa shape index (κ2) is 8.20. The van der Waals surface area contributed by atoms with Crippen LogP contribution in [0.1, 0.15) is 13.3 Å². The molecule has 0 aliphatic carbocycles. The maximum absolute atomic E-state index is 13.2. The first-order chi connectivity index (χ1) is 12.5. The smallest absolute Gasteiger partial charge is 0.221 e.